The third-order valence-electron chi connectivity index (χ3n) is 2.20. The minimum atomic E-state index is 0. The van der Waals surface area contributed by atoms with Gasteiger partial charge in [0.2, 0.25) is 0 Å². The highest BCUT2D eigenvalue weighted by Gasteiger charge is 1.97. The fraction of sp³-hybridized carbons (Fsp3) is 0.0769. The Kier molecular flexibility index (Phi) is 7.42. The van der Waals surface area contributed by atoms with E-state index in [-0.39, 0.29) is 24.8 Å². The average molecular weight is 273 g/mol. The quantitative estimate of drug-likeness (QED) is 0.735. The fourth-order valence-electron chi connectivity index (χ4n) is 1.39. The molecule has 0 aliphatic rings. The average Bonchev–Trinajstić information content (AvgIpc) is 2.23. The van der Waals surface area contributed by atoms with Crippen LogP contribution >= 0.6 is 33.4 Å². The van der Waals surface area contributed by atoms with E-state index in [9.17, 15) is 0 Å². The second kappa shape index (κ2) is 7.68. The summed E-state index contributed by atoms with van der Waals surface area (Å²) in [5, 5.41) is 2.85. The Balaban J connectivity index is 0.00000112. The summed E-state index contributed by atoms with van der Waals surface area (Å²) in [6, 6.07) is 19.2. The normalized spacial score (nSPS) is 9.56. The van der Waals surface area contributed by atoms with Crippen molar-refractivity contribution in [3.63, 3.8) is 0 Å². The van der Waals surface area contributed by atoms with Crippen LogP contribution in [0.1, 0.15) is 5.56 Å². The van der Waals surface area contributed by atoms with E-state index in [4.69, 9.17) is 0 Å². The van der Waals surface area contributed by atoms with Crippen molar-refractivity contribution in [3.05, 3.63) is 60.2 Å². The topological polar surface area (TPSA) is 0 Å². The van der Waals surface area contributed by atoms with Gasteiger partial charge in [-0.05, 0) is 23.1 Å². The van der Waals surface area contributed by atoms with E-state index in [1.54, 1.807) is 0 Å². The van der Waals surface area contributed by atoms with Gasteiger partial charge in [0.15, 0.2) is 0 Å². The fourth-order valence-corrected chi connectivity index (χ4v) is 2.52. The van der Waals surface area contributed by atoms with Gasteiger partial charge in [0.1, 0.15) is 0 Å². The highest BCUT2D eigenvalue weighted by molar-refractivity contribution is 7.55. The lowest BCUT2D eigenvalue weighted by Gasteiger charge is -2.04. The van der Waals surface area contributed by atoms with Crippen molar-refractivity contribution in [2.24, 2.45) is 0 Å². The van der Waals surface area contributed by atoms with Gasteiger partial charge in [-0.1, -0.05) is 63.2 Å². The molecule has 0 N–H and O–H groups in total. The maximum Gasteiger partial charge on any atom is -0.0197 e. The number of aryl methyl sites for hydroxylation is 1. The smallest absolute Gasteiger partial charge is 0.0197 e. The Labute approximate surface area is 111 Å². The van der Waals surface area contributed by atoms with Crippen LogP contribution in [0.4, 0.5) is 0 Å². The molecule has 1 unspecified atom stereocenters. The van der Waals surface area contributed by atoms with Crippen LogP contribution in [0.5, 0.6) is 0 Å². The minimum absolute atomic E-state index is 0. The van der Waals surface area contributed by atoms with Crippen LogP contribution in [0.15, 0.2) is 54.6 Å². The van der Waals surface area contributed by atoms with Crippen molar-refractivity contribution in [2.45, 2.75) is 6.92 Å². The van der Waals surface area contributed by atoms with Crippen molar-refractivity contribution in [1.82, 2.24) is 0 Å². The Morgan fingerprint density at radius 3 is 1.94 bits per heavy atom. The summed E-state index contributed by atoms with van der Waals surface area (Å²) in [6.07, 6.45) is 0. The van der Waals surface area contributed by atoms with Gasteiger partial charge in [-0.2, -0.15) is 0 Å². The highest BCUT2D eigenvalue weighted by Crippen LogP contribution is 2.12. The van der Waals surface area contributed by atoms with Gasteiger partial charge in [0.25, 0.3) is 0 Å². The molecule has 0 nitrogen and oxygen atoms in total. The molecule has 1 atom stereocenters. The standard InChI is InChI=1S/C13H13P.2ClH/c1-11-7-5-6-10-13(11)14-12-8-3-2-4-9-12;;/h2-10,14H,1H3;2*1H. The summed E-state index contributed by atoms with van der Waals surface area (Å²) in [5.41, 5.74) is 1.38. The molecule has 16 heavy (non-hydrogen) atoms. The molecule has 2 aromatic rings. The molecule has 0 aromatic heterocycles. The van der Waals surface area contributed by atoms with Gasteiger partial charge >= 0.3 is 0 Å². The van der Waals surface area contributed by atoms with Gasteiger partial charge in [0, 0.05) is 0 Å². The van der Waals surface area contributed by atoms with Crippen LogP contribution in [-0.2, 0) is 0 Å². The van der Waals surface area contributed by atoms with Crippen LogP contribution in [0.3, 0.4) is 0 Å². The summed E-state index contributed by atoms with van der Waals surface area (Å²) in [6.45, 7) is 2.17. The minimum Gasteiger partial charge on any atom is -0.147 e. The summed E-state index contributed by atoms with van der Waals surface area (Å²) in [7, 11) is 0.776. The lowest BCUT2D eigenvalue weighted by Crippen LogP contribution is -2.05. The van der Waals surface area contributed by atoms with E-state index in [0.717, 1.165) is 8.58 Å². The maximum absolute atomic E-state index is 2.21. The predicted molar refractivity (Wildman–Crippen MR) is 79.7 cm³/mol. The van der Waals surface area contributed by atoms with Crippen LogP contribution in [0, 0.1) is 6.92 Å². The van der Waals surface area contributed by atoms with Crippen molar-refractivity contribution < 1.29 is 0 Å². The lowest BCUT2D eigenvalue weighted by molar-refractivity contribution is 1.52. The first-order chi connectivity index (χ1) is 6.86. The molecular formula is C13H15Cl2P. The zero-order chi connectivity index (χ0) is 9.80. The van der Waals surface area contributed by atoms with E-state index in [1.165, 1.54) is 16.2 Å². The predicted octanol–water partition coefficient (Wildman–Crippen LogP) is 3.47. The van der Waals surface area contributed by atoms with Gasteiger partial charge < -0.3 is 0 Å². The van der Waals surface area contributed by atoms with Gasteiger partial charge in [0.05, 0.1) is 0 Å². The Morgan fingerprint density at radius 2 is 1.31 bits per heavy atom. The number of hydrogen-bond acceptors (Lipinski definition) is 0. The molecule has 0 saturated heterocycles. The molecule has 3 heteroatoms. The second-order valence-electron chi connectivity index (χ2n) is 3.31. The van der Waals surface area contributed by atoms with Crippen LogP contribution < -0.4 is 10.6 Å². The first-order valence-corrected chi connectivity index (χ1v) is 5.74. The van der Waals surface area contributed by atoms with E-state index in [0.29, 0.717) is 0 Å². The number of rotatable bonds is 2. The molecule has 0 fully saturated rings. The van der Waals surface area contributed by atoms with Crippen molar-refractivity contribution in [2.75, 3.05) is 0 Å². The van der Waals surface area contributed by atoms with E-state index < -0.39 is 0 Å². The van der Waals surface area contributed by atoms with Crippen LogP contribution in [0.25, 0.3) is 0 Å². The molecule has 0 aliphatic carbocycles. The monoisotopic (exact) mass is 272 g/mol. The third-order valence-corrected chi connectivity index (χ3v) is 3.65. The molecule has 0 bridgehead atoms. The zero-order valence-corrected chi connectivity index (χ0v) is 11.6. The Morgan fingerprint density at radius 1 is 0.750 bits per heavy atom. The van der Waals surface area contributed by atoms with E-state index in [2.05, 4.69) is 61.5 Å². The van der Waals surface area contributed by atoms with Gasteiger partial charge in [-0.3, -0.25) is 0 Å². The van der Waals surface area contributed by atoms with Gasteiger partial charge in [-0.25, -0.2) is 0 Å². The highest BCUT2D eigenvalue weighted by atomic mass is 35.5. The largest absolute Gasteiger partial charge is 0.147 e. The van der Waals surface area contributed by atoms with E-state index >= 15 is 0 Å². The van der Waals surface area contributed by atoms with Crippen LogP contribution in [-0.4, -0.2) is 0 Å². The van der Waals surface area contributed by atoms with E-state index in [1.807, 2.05) is 0 Å². The molecule has 0 spiro atoms. The van der Waals surface area contributed by atoms with Crippen LogP contribution in [0.2, 0.25) is 0 Å². The van der Waals surface area contributed by atoms with Gasteiger partial charge in [-0.15, -0.1) is 24.8 Å². The molecule has 86 valence electrons. The molecule has 0 amide bonds. The molecular weight excluding hydrogens is 258 g/mol. The number of hydrogen-bond donors (Lipinski definition) is 0. The first-order valence-electron chi connectivity index (χ1n) is 4.74. The SMILES string of the molecule is Cc1ccccc1Pc1ccccc1.Cl.Cl. The molecule has 2 rings (SSSR count). The molecule has 0 heterocycles. The summed E-state index contributed by atoms with van der Waals surface area (Å²) >= 11 is 0. The molecule has 0 saturated carbocycles. The van der Waals surface area contributed by atoms with Crippen molar-refractivity contribution in [3.8, 4) is 0 Å². The lowest BCUT2D eigenvalue weighted by atomic mass is 10.2. The number of halogens is 2. The maximum atomic E-state index is 2.21. The molecule has 0 radical (unpaired) electrons. The second-order valence-corrected chi connectivity index (χ2v) is 4.67. The number of benzene rings is 2. The Bertz CT molecular complexity index is 415. The third kappa shape index (κ3) is 4.14. The van der Waals surface area contributed by atoms with Crippen molar-refractivity contribution in [1.29, 1.82) is 0 Å². The molecule has 0 aliphatic heterocycles. The summed E-state index contributed by atoms with van der Waals surface area (Å²) in [5.74, 6) is 0. The zero-order valence-electron chi connectivity index (χ0n) is 9.01. The first kappa shape index (κ1) is 15.4. The Hall–Kier alpha value is -0.550. The summed E-state index contributed by atoms with van der Waals surface area (Å²) in [4.78, 5) is 0. The summed E-state index contributed by atoms with van der Waals surface area (Å²) < 4.78 is 0. The molecule has 2 aromatic carbocycles. The van der Waals surface area contributed by atoms with Crippen molar-refractivity contribution >= 4 is 44.0 Å².